The molecule has 2 aliphatic heterocycles. The molecule has 2 unspecified atom stereocenters. The van der Waals surface area contributed by atoms with E-state index in [0.29, 0.717) is 21.3 Å². The Balaban J connectivity index is 1.40. The number of aryl methyl sites for hydroxylation is 1. The molecule has 7 nitrogen and oxygen atoms in total. The number of carbonyl (C=O) groups excluding carboxylic acids is 3. The van der Waals surface area contributed by atoms with Gasteiger partial charge in [-0.2, -0.15) is 0 Å². The van der Waals surface area contributed by atoms with Crippen LogP contribution in [0.4, 0.5) is 11.4 Å². The van der Waals surface area contributed by atoms with Crippen LogP contribution in [-0.2, 0) is 20.9 Å². The van der Waals surface area contributed by atoms with Crippen LogP contribution in [0.5, 0.6) is 0 Å². The predicted molar refractivity (Wildman–Crippen MR) is 156 cm³/mol. The third-order valence-electron chi connectivity index (χ3n) is 7.01. The lowest BCUT2D eigenvalue weighted by Crippen LogP contribution is -2.33. The molecule has 6 rings (SSSR count). The first-order valence-corrected chi connectivity index (χ1v) is 14.8. The molecule has 1 aromatic heterocycles. The van der Waals surface area contributed by atoms with E-state index in [9.17, 15) is 19.2 Å². The lowest BCUT2D eigenvalue weighted by molar-refractivity contribution is -0.122. The fraction of sp³-hybridized carbons (Fsp3) is 0.172. The number of nitrogens with zero attached hydrogens (tertiary/aromatic N) is 2. The van der Waals surface area contributed by atoms with Crippen LogP contribution in [0.15, 0.2) is 93.2 Å². The smallest absolute Gasteiger partial charge is 0.308 e. The number of benzene rings is 3. The lowest BCUT2D eigenvalue weighted by atomic mass is 9.83. The number of halogens is 1. The number of aromatic nitrogens is 1. The zero-order valence-corrected chi connectivity index (χ0v) is 23.9. The molecular formula is C29H22BrN3O4S2. The van der Waals surface area contributed by atoms with E-state index in [1.165, 1.54) is 21.2 Å². The van der Waals surface area contributed by atoms with Crippen LogP contribution in [-0.4, -0.2) is 27.5 Å². The topological polar surface area (TPSA) is 88.5 Å². The van der Waals surface area contributed by atoms with Gasteiger partial charge in [0.15, 0.2) is 0 Å². The molecule has 3 heterocycles. The maximum atomic E-state index is 13.9. The molecule has 3 atom stereocenters. The summed E-state index contributed by atoms with van der Waals surface area (Å²) in [6.07, 6.45) is 0. The van der Waals surface area contributed by atoms with Crippen molar-refractivity contribution < 1.29 is 14.4 Å². The second-order valence-corrected chi connectivity index (χ2v) is 12.5. The van der Waals surface area contributed by atoms with E-state index in [0.717, 1.165) is 26.9 Å². The van der Waals surface area contributed by atoms with Crippen LogP contribution in [0.1, 0.15) is 21.9 Å². The van der Waals surface area contributed by atoms with Crippen LogP contribution in [0.25, 0.3) is 0 Å². The summed E-state index contributed by atoms with van der Waals surface area (Å²) in [7, 11) is 0. The number of rotatable bonds is 5. The normalized spacial score (nSPS) is 20.1. The van der Waals surface area contributed by atoms with Crippen molar-refractivity contribution >= 4 is 68.1 Å². The zero-order valence-electron chi connectivity index (χ0n) is 20.7. The standard InChI is InChI=1S/C29H22BrN3O4S2/c1-16-7-5-6-10-20(16)31-21(34)15-32-28-25(39-29(32)37)22(17-8-3-2-4-9-17)23-24(38-28)27(36)33(26(23)35)19-13-11-18(30)12-14-19/h2-14,22-24H,15H2,1H3,(H,31,34)/t22-,23?,24?/m1/s1. The third-order valence-corrected chi connectivity index (χ3v) is 10.1. The van der Waals surface area contributed by atoms with Gasteiger partial charge in [0.05, 0.1) is 16.6 Å². The molecule has 10 heteroatoms. The van der Waals surface area contributed by atoms with E-state index in [1.807, 2.05) is 61.5 Å². The minimum absolute atomic E-state index is 0.191. The van der Waals surface area contributed by atoms with Crippen molar-refractivity contribution in [1.29, 1.82) is 0 Å². The van der Waals surface area contributed by atoms with Crippen molar-refractivity contribution in [2.45, 2.75) is 29.7 Å². The minimum atomic E-state index is -0.724. The maximum Gasteiger partial charge on any atom is 0.308 e. The Bertz CT molecular complexity index is 1670. The summed E-state index contributed by atoms with van der Waals surface area (Å²) in [4.78, 5) is 55.6. The highest BCUT2D eigenvalue weighted by atomic mass is 79.9. The quantitative estimate of drug-likeness (QED) is 0.302. The highest BCUT2D eigenvalue weighted by Crippen LogP contribution is 2.53. The van der Waals surface area contributed by atoms with Gasteiger partial charge in [-0.1, -0.05) is 87.6 Å². The molecular weight excluding hydrogens is 598 g/mol. The van der Waals surface area contributed by atoms with Gasteiger partial charge in [0, 0.05) is 21.0 Å². The fourth-order valence-electron chi connectivity index (χ4n) is 5.17. The molecule has 0 radical (unpaired) electrons. The van der Waals surface area contributed by atoms with E-state index < -0.39 is 17.1 Å². The highest BCUT2D eigenvalue weighted by molar-refractivity contribution is 9.10. The van der Waals surface area contributed by atoms with E-state index >= 15 is 0 Å². The third kappa shape index (κ3) is 4.56. The van der Waals surface area contributed by atoms with Gasteiger partial charge in [-0.3, -0.25) is 23.7 Å². The molecule has 0 saturated carbocycles. The number of imide groups is 1. The van der Waals surface area contributed by atoms with Crippen molar-refractivity contribution in [3.8, 4) is 0 Å². The van der Waals surface area contributed by atoms with Gasteiger partial charge >= 0.3 is 4.87 Å². The number of hydrogen-bond acceptors (Lipinski definition) is 6. The largest absolute Gasteiger partial charge is 0.324 e. The molecule has 3 aromatic carbocycles. The SMILES string of the molecule is Cc1ccccc1NC(=O)Cn1c2c(sc1=O)[C@H](c1ccccc1)C1C(=O)N(c3ccc(Br)cc3)C(=O)C1S2. The van der Waals surface area contributed by atoms with E-state index in [4.69, 9.17) is 0 Å². The summed E-state index contributed by atoms with van der Waals surface area (Å²) in [5.74, 6) is -2.10. The van der Waals surface area contributed by atoms with Gasteiger partial charge in [-0.15, -0.1) is 0 Å². The van der Waals surface area contributed by atoms with Crippen LogP contribution >= 0.6 is 39.0 Å². The predicted octanol–water partition coefficient (Wildman–Crippen LogP) is 5.42. The number of carbonyl (C=O) groups is 3. The molecule has 0 aliphatic carbocycles. The number of thiazole rings is 1. The first-order valence-electron chi connectivity index (χ1n) is 12.3. The average Bonchev–Trinajstić information content (AvgIpc) is 3.37. The molecule has 4 aromatic rings. The van der Waals surface area contributed by atoms with E-state index in [1.54, 1.807) is 24.3 Å². The Morgan fingerprint density at radius 1 is 0.923 bits per heavy atom. The van der Waals surface area contributed by atoms with Gasteiger partial charge in [-0.25, -0.2) is 4.90 Å². The number of para-hydroxylation sites is 1. The van der Waals surface area contributed by atoms with Gasteiger partial charge < -0.3 is 5.32 Å². The first kappa shape index (κ1) is 25.8. The monoisotopic (exact) mass is 619 g/mol. The van der Waals surface area contributed by atoms with E-state index in [-0.39, 0.29) is 29.1 Å². The maximum absolute atomic E-state index is 13.9. The molecule has 196 valence electrons. The number of anilines is 2. The molecule has 1 N–H and O–H groups in total. The molecule has 39 heavy (non-hydrogen) atoms. The molecule has 0 bridgehead atoms. The first-order chi connectivity index (χ1) is 18.8. The van der Waals surface area contributed by atoms with Crippen molar-refractivity contribution in [3.63, 3.8) is 0 Å². The molecule has 2 aliphatic rings. The molecule has 1 saturated heterocycles. The van der Waals surface area contributed by atoms with Gasteiger partial charge in [0.2, 0.25) is 17.7 Å². The second-order valence-electron chi connectivity index (χ2n) is 9.43. The van der Waals surface area contributed by atoms with Gasteiger partial charge in [0.25, 0.3) is 0 Å². The Morgan fingerprint density at radius 2 is 1.62 bits per heavy atom. The summed E-state index contributed by atoms with van der Waals surface area (Å²) in [6, 6.07) is 24.0. The Kier molecular flexibility index (Phi) is 6.78. The summed E-state index contributed by atoms with van der Waals surface area (Å²) < 4.78 is 2.28. The minimum Gasteiger partial charge on any atom is -0.324 e. The van der Waals surface area contributed by atoms with Crippen LogP contribution in [0.2, 0.25) is 0 Å². The number of nitrogens with one attached hydrogen (secondary N) is 1. The summed E-state index contributed by atoms with van der Waals surface area (Å²) in [5, 5.41) is 2.73. The Labute approximate surface area is 241 Å². The Morgan fingerprint density at radius 3 is 2.33 bits per heavy atom. The summed E-state index contributed by atoms with van der Waals surface area (Å²) in [5.41, 5.74) is 2.95. The van der Waals surface area contributed by atoms with Crippen LogP contribution in [0.3, 0.4) is 0 Å². The van der Waals surface area contributed by atoms with Gasteiger partial charge in [-0.05, 0) is 48.4 Å². The van der Waals surface area contributed by atoms with Crippen molar-refractivity contribution in [3.05, 3.63) is 109 Å². The zero-order chi connectivity index (χ0) is 27.3. The Hall–Kier alpha value is -3.47. The van der Waals surface area contributed by atoms with Crippen LogP contribution < -0.4 is 15.1 Å². The van der Waals surface area contributed by atoms with Crippen molar-refractivity contribution in [2.75, 3.05) is 10.2 Å². The number of thioether (sulfide) groups is 1. The summed E-state index contributed by atoms with van der Waals surface area (Å²) in [6.45, 7) is 1.71. The average molecular weight is 621 g/mol. The number of fused-ring (bicyclic) bond motifs is 2. The van der Waals surface area contributed by atoms with E-state index in [2.05, 4.69) is 21.2 Å². The van der Waals surface area contributed by atoms with Crippen molar-refractivity contribution in [1.82, 2.24) is 4.57 Å². The molecule has 0 spiro atoms. The lowest BCUT2D eigenvalue weighted by Gasteiger charge is -2.30. The summed E-state index contributed by atoms with van der Waals surface area (Å²) >= 11 is 5.65. The molecule has 3 amide bonds. The van der Waals surface area contributed by atoms with Crippen molar-refractivity contribution in [2.24, 2.45) is 5.92 Å². The highest BCUT2D eigenvalue weighted by Gasteiger charge is 2.56. The fourth-order valence-corrected chi connectivity index (χ4v) is 8.20. The van der Waals surface area contributed by atoms with Gasteiger partial charge in [0.1, 0.15) is 11.8 Å². The second kappa shape index (κ2) is 10.3. The number of hydrogen-bond donors (Lipinski definition) is 1. The molecule has 1 fully saturated rings. The van der Waals surface area contributed by atoms with Crippen LogP contribution in [0, 0.1) is 12.8 Å². The number of amides is 3.